The molecule has 0 amide bonds. The Morgan fingerprint density at radius 2 is 1.23 bits per heavy atom. The SMILES string of the molecule is CCCCCOc1ccc(C#Cc2ccc(C#Cc3ccc4cc(F)c(F)cc4c3)cc2)c(F)c1. The van der Waals surface area contributed by atoms with Crippen LogP contribution in [0.3, 0.4) is 0 Å². The fourth-order valence-electron chi connectivity index (χ4n) is 3.47. The highest BCUT2D eigenvalue weighted by atomic mass is 19.2. The average Bonchev–Trinajstić information content (AvgIpc) is 2.86. The summed E-state index contributed by atoms with van der Waals surface area (Å²) in [6, 6.07) is 19.6. The van der Waals surface area contributed by atoms with Crippen molar-refractivity contribution in [2.45, 2.75) is 26.2 Å². The predicted octanol–water partition coefficient (Wildman–Crippen LogP) is 7.63. The number of rotatable bonds is 5. The van der Waals surface area contributed by atoms with Gasteiger partial charge in [-0.3, -0.25) is 0 Å². The van der Waals surface area contributed by atoms with Gasteiger partial charge in [0.15, 0.2) is 11.6 Å². The maximum absolute atomic E-state index is 14.4. The summed E-state index contributed by atoms with van der Waals surface area (Å²) in [7, 11) is 0. The second-order valence-electron chi connectivity index (χ2n) is 8.10. The van der Waals surface area contributed by atoms with Gasteiger partial charge in [-0.1, -0.05) is 49.5 Å². The number of unbranched alkanes of at least 4 members (excludes halogenated alkanes) is 2. The first-order valence-electron chi connectivity index (χ1n) is 11.5. The molecule has 4 rings (SSSR count). The molecule has 0 spiro atoms. The fourth-order valence-corrected chi connectivity index (χ4v) is 3.47. The highest BCUT2D eigenvalue weighted by Gasteiger charge is 2.04. The Hall–Kier alpha value is -4.15. The van der Waals surface area contributed by atoms with E-state index in [4.69, 9.17) is 4.74 Å². The van der Waals surface area contributed by atoms with Gasteiger partial charge in [0.2, 0.25) is 0 Å². The van der Waals surface area contributed by atoms with Crippen molar-refractivity contribution < 1.29 is 17.9 Å². The number of ether oxygens (including phenoxy) is 1. The van der Waals surface area contributed by atoms with Gasteiger partial charge in [-0.05, 0) is 77.9 Å². The summed E-state index contributed by atoms with van der Waals surface area (Å²) in [5, 5.41) is 1.20. The molecule has 4 aromatic rings. The number of fused-ring (bicyclic) bond motifs is 1. The van der Waals surface area contributed by atoms with Gasteiger partial charge in [-0.15, -0.1) is 0 Å². The van der Waals surface area contributed by atoms with Crippen molar-refractivity contribution in [3.8, 4) is 29.4 Å². The quantitative estimate of drug-likeness (QED) is 0.216. The molecule has 4 aromatic carbocycles. The molecule has 0 atom stereocenters. The maximum Gasteiger partial charge on any atom is 0.159 e. The molecular weight excluding hydrogens is 445 g/mol. The summed E-state index contributed by atoms with van der Waals surface area (Å²) < 4.78 is 46.8. The van der Waals surface area contributed by atoms with Gasteiger partial charge in [-0.2, -0.15) is 0 Å². The van der Waals surface area contributed by atoms with E-state index in [1.165, 1.54) is 18.2 Å². The zero-order valence-electron chi connectivity index (χ0n) is 19.3. The highest BCUT2D eigenvalue weighted by molar-refractivity contribution is 5.84. The lowest BCUT2D eigenvalue weighted by molar-refractivity contribution is 0.305. The molecule has 0 radical (unpaired) electrons. The molecule has 0 aliphatic rings. The summed E-state index contributed by atoms with van der Waals surface area (Å²) in [6.45, 7) is 2.70. The van der Waals surface area contributed by atoms with E-state index in [-0.39, 0.29) is 0 Å². The Bertz CT molecular complexity index is 1470. The Labute approximate surface area is 203 Å². The summed E-state index contributed by atoms with van der Waals surface area (Å²) >= 11 is 0. The van der Waals surface area contributed by atoms with Crippen molar-refractivity contribution in [2.24, 2.45) is 0 Å². The van der Waals surface area contributed by atoms with Crippen molar-refractivity contribution in [1.82, 2.24) is 0 Å². The van der Waals surface area contributed by atoms with Crippen LogP contribution in [0.1, 0.15) is 48.4 Å². The summed E-state index contributed by atoms with van der Waals surface area (Å²) in [5.74, 6) is 10.3. The van der Waals surface area contributed by atoms with Gasteiger partial charge in [0.25, 0.3) is 0 Å². The van der Waals surface area contributed by atoms with Crippen LogP contribution in [0.4, 0.5) is 13.2 Å². The van der Waals surface area contributed by atoms with E-state index < -0.39 is 17.5 Å². The topological polar surface area (TPSA) is 9.23 Å². The molecule has 0 aliphatic carbocycles. The Kier molecular flexibility index (Phi) is 7.76. The molecule has 174 valence electrons. The van der Waals surface area contributed by atoms with Gasteiger partial charge < -0.3 is 4.74 Å². The van der Waals surface area contributed by atoms with Gasteiger partial charge in [0.05, 0.1) is 12.2 Å². The minimum absolute atomic E-state index is 0.308. The normalized spacial score (nSPS) is 10.3. The van der Waals surface area contributed by atoms with E-state index in [1.807, 2.05) is 24.3 Å². The molecule has 0 heterocycles. The van der Waals surface area contributed by atoms with Crippen molar-refractivity contribution in [3.63, 3.8) is 0 Å². The van der Waals surface area contributed by atoms with E-state index in [1.54, 1.807) is 30.3 Å². The van der Waals surface area contributed by atoms with E-state index in [0.717, 1.165) is 30.4 Å². The van der Waals surface area contributed by atoms with Crippen LogP contribution in [0.25, 0.3) is 10.8 Å². The number of benzene rings is 4. The van der Waals surface area contributed by atoms with Crippen LogP contribution in [-0.2, 0) is 0 Å². The maximum atomic E-state index is 14.4. The lowest BCUT2D eigenvalue weighted by Gasteiger charge is -2.06. The number of hydrogen-bond acceptors (Lipinski definition) is 1. The van der Waals surface area contributed by atoms with Crippen molar-refractivity contribution >= 4 is 10.8 Å². The monoisotopic (exact) mass is 468 g/mol. The molecule has 0 saturated heterocycles. The van der Waals surface area contributed by atoms with Gasteiger partial charge >= 0.3 is 0 Å². The summed E-state index contributed by atoms with van der Waals surface area (Å²) in [5.41, 5.74) is 2.51. The molecule has 0 bridgehead atoms. The van der Waals surface area contributed by atoms with Crippen LogP contribution in [0.15, 0.2) is 72.8 Å². The first kappa shape index (κ1) is 24.0. The van der Waals surface area contributed by atoms with Crippen LogP contribution in [0.2, 0.25) is 0 Å². The Morgan fingerprint density at radius 3 is 1.91 bits per heavy atom. The number of hydrogen-bond donors (Lipinski definition) is 0. The smallest absolute Gasteiger partial charge is 0.159 e. The van der Waals surface area contributed by atoms with E-state index in [9.17, 15) is 13.2 Å². The minimum Gasteiger partial charge on any atom is -0.493 e. The average molecular weight is 469 g/mol. The second-order valence-corrected chi connectivity index (χ2v) is 8.10. The predicted molar refractivity (Wildman–Crippen MR) is 134 cm³/mol. The third-order valence-corrected chi connectivity index (χ3v) is 5.41. The van der Waals surface area contributed by atoms with Crippen LogP contribution >= 0.6 is 0 Å². The molecule has 0 N–H and O–H groups in total. The number of halogens is 3. The lowest BCUT2D eigenvalue weighted by Crippen LogP contribution is -1.97. The van der Waals surface area contributed by atoms with Crippen molar-refractivity contribution in [3.05, 3.63) is 113 Å². The fraction of sp³-hybridized carbons (Fsp3) is 0.161. The van der Waals surface area contributed by atoms with Crippen molar-refractivity contribution in [2.75, 3.05) is 6.61 Å². The van der Waals surface area contributed by atoms with E-state index in [0.29, 0.717) is 34.3 Å². The third kappa shape index (κ3) is 6.46. The van der Waals surface area contributed by atoms with Crippen LogP contribution in [0.5, 0.6) is 5.75 Å². The first-order chi connectivity index (χ1) is 17.0. The summed E-state index contributed by atoms with van der Waals surface area (Å²) in [4.78, 5) is 0. The largest absolute Gasteiger partial charge is 0.493 e. The third-order valence-electron chi connectivity index (χ3n) is 5.41. The zero-order chi connectivity index (χ0) is 24.6. The zero-order valence-corrected chi connectivity index (χ0v) is 19.3. The molecular formula is C31H23F3O. The molecule has 0 aliphatic heterocycles. The molecule has 0 saturated carbocycles. The van der Waals surface area contributed by atoms with E-state index >= 15 is 0 Å². The van der Waals surface area contributed by atoms with Crippen LogP contribution < -0.4 is 4.74 Å². The molecule has 1 nitrogen and oxygen atoms in total. The Balaban J connectivity index is 1.42. The second kappa shape index (κ2) is 11.3. The summed E-state index contributed by atoms with van der Waals surface area (Å²) in [6.07, 6.45) is 3.14. The van der Waals surface area contributed by atoms with Gasteiger partial charge in [0.1, 0.15) is 11.6 Å². The van der Waals surface area contributed by atoms with Gasteiger partial charge in [0, 0.05) is 22.8 Å². The Morgan fingerprint density at radius 1 is 0.600 bits per heavy atom. The highest BCUT2D eigenvalue weighted by Crippen LogP contribution is 2.20. The molecule has 35 heavy (non-hydrogen) atoms. The lowest BCUT2D eigenvalue weighted by atomic mass is 10.1. The van der Waals surface area contributed by atoms with Crippen molar-refractivity contribution in [1.29, 1.82) is 0 Å². The molecule has 0 fully saturated rings. The van der Waals surface area contributed by atoms with Gasteiger partial charge in [-0.25, -0.2) is 13.2 Å². The van der Waals surface area contributed by atoms with Crippen LogP contribution in [-0.4, -0.2) is 6.61 Å². The van der Waals surface area contributed by atoms with E-state index in [2.05, 4.69) is 30.6 Å². The molecule has 0 aromatic heterocycles. The molecule has 4 heteroatoms. The molecule has 0 unspecified atom stereocenters. The first-order valence-corrected chi connectivity index (χ1v) is 11.5. The standard InChI is InChI=1S/C31H23F3O/c1-2-3-4-17-35-28-16-15-25(29(32)21-28)13-11-23-7-5-22(6-8-23)9-10-24-12-14-26-19-30(33)31(34)20-27(26)18-24/h5-8,12,14-16,18-21H,2-4,17H2,1H3. The van der Waals surface area contributed by atoms with Crippen LogP contribution in [0, 0.1) is 41.1 Å². The minimum atomic E-state index is -0.883.